The third-order valence-corrected chi connectivity index (χ3v) is 5.09. The van der Waals surface area contributed by atoms with E-state index in [4.69, 9.17) is 23.2 Å². The summed E-state index contributed by atoms with van der Waals surface area (Å²) in [5, 5.41) is 0.981. The minimum atomic E-state index is -0.375. The standard InChI is InChI=1S/C13H14Br2Cl2O/c1-13(2,3)12(18)9(15)6-7-4-5-8(14)11(17)10(7)16/h4-5,9H,6H2,1-3H3. The second-order valence-corrected chi connectivity index (χ2v) is 7.84. The maximum Gasteiger partial charge on any atom is 0.152 e. The Morgan fingerprint density at radius 3 is 2.33 bits per heavy atom. The Kier molecular flexibility index (Phi) is 5.73. The molecule has 1 aromatic carbocycles. The molecule has 0 bridgehead atoms. The highest BCUT2D eigenvalue weighted by Crippen LogP contribution is 2.34. The lowest BCUT2D eigenvalue weighted by Gasteiger charge is -2.21. The quantitative estimate of drug-likeness (QED) is 0.457. The van der Waals surface area contributed by atoms with Gasteiger partial charge in [-0.2, -0.15) is 0 Å². The van der Waals surface area contributed by atoms with Crippen LogP contribution in [-0.2, 0) is 11.2 Å². The Morgan fingerprint density at radius 2 is 1.83 bits per heavy atom. The van der Waals surface area contributed by atoms with E-state index in [2.05, 4.69) is 31.9 Å². The second kappa shape index (κ2) is 6.25. The van der Waals surface area contributed by atoms with Crippen LogP contribution in [-0.4, -0.2) is 10.6 Å². The van der Waals surface area contributed by atoms with Crippen molar-refractivity contribution in [1.29, 1.82) is 0 Å². The van der Waals surface area contributed by atoms with E-state index in [0.29, 0.717) is 16.5 Å². The molecule has 100 valence electrons. The molecule has 1 rings (SSSR count). The van der Waals surface area contributed by atoms with Gasteiger partial charge in [0.2, 0.25) is 0 Å². The van der Waals surface area contributed by atoms with E-state index >= 15 is 0 Å². The van der Waals surface area contributed by atoms with Gasteiger partial charge in [-0.3, -0.25) is 4.79 Å². The Labute approximate surface area is 134 Å². The summed E-state index contributed by atoms with van der Waals surface area (Å²) in [5.41, 5.74) is 0.490. The fourth-order valence-electron chi connectivity index (χ4n) is 1.48. The molecule has 1 aromatic rings. The summed E-state index contributed by atoms with van der Waals surface area (Å²) in [4.78, 5) is 11.8. The summed E-state index contributed by atoms with van der Waals surface area (Å²) in [6.45, 7) is 5.71. The molecule has 1 nitrogen and oxygen atoms in total. The molecule has 0 aromatic heterocycles. The number of halogens is 4. The number of rotatable bonds is 3. The molecule has 0 radical (unpaired) electrons. The molecule has 18 heavy (non-hydrogen) atoms. The zero-order chi connectivity index (χ0) is 14.1. The van der Waals surface area contributed by atoms with Gasteiger partial charge in [0.1, 0.15) is 0 Å². The van der Waals surface area contributed by atoms with Crippen LogP contribution in [0.15, 0.2) is 16.6 Å². The molecule has 1 unspecified atom stereocenters. The van der Waals surface area contributed by atoms with Gasteiger partial charge in [0.05, 0.1) is 14.9 Å². The fraction of sp³-hybridized carbons (Fsp3) is 0.462. The lowest BCUT2D eigenvalue weighted by atomic mass is 9.87. The SMILES string of the molecule is CC(C)(C)C(=O)C(Br)Cc1ccc(Br)c(Cl)c1Cl. The number of carbonyl (C=O) groups excluding carboxylic acids is 1. The molecule has 0 aliphatic carbocycles. The minimum Gasteiger partial charge on any atom is -0.298 e. The summed E-state index contributed by atoms with van der Waals surface area (Å²) in [6.07, 6.45) is 0.530. The predicted molar refractivity (Wildman–Crippen MR) is 85.0 cm³/mol. The first-order valence-corrected chi connectivity index (χ1v) is 7.92. The Balaban J connectivity index is 2.93. The number of carbonyl (C=O) groups is 1. The van der Waals surface area contributed by atoms with Gasteiger partial charge in [0.15, 0.2) is 5.78 Å². The van der Waals surface area contributed by atoms with Gasteiger partial charge in [-0.05, 0) is 34.0 Å². The molecule has 0 aliphatic rings. The van der Waals surface area contributed by atoms with Gasteiger partial charge in [-0.1, -0.05) is 66.0 Å². The van der Waals surface area contributed by atoms with Crippen LogP contribution in [0.5, 0.6) is 0 Å². The van der Waals surface area contributed by atoms with E-state index in [0.717, 1.165) is 10.0 Å². The van der Waals surface area contributed by atoms with Crippen molar-refractivity contribution in [1.82, 2.24) is 0 Å². The van der Waals surface area contributed by atoms with Crippen LogP contribution in [0.1, 0.15) is 26.3 Å². The zero-order valence-electron chi connectivity index (χ0n) is 10.4. The van der Waals surface area contributed by atoms with Crippen LogP contribution in [0.25, 0.3) is 0 Å². The van der Waals surface area contributed by atoms with Crippen molar-refractivity contribution in [2.45, 2.75) is 32.0 Å². The van der Waals surface area contributed by atoms with Crippen molar-refractivity contribution in [3.8, 4) is 0 Å². The van der Waals surface area contributed by atoms with Crippen LogP contribution < -0.4 is 0 Å². The molecular weight excluding hydrogens is 403 g/mol. The van der Waals surface area contributed by atoms with E-state index in [1.54, 1.807) is 0 Å². The lowest BCUT2D eigenvalue weighted by Crippen LogP contribution is -2.30. The molecule has 0 saturated carbocycles. The molecule has 0 fully saturated rings. The van der Waals surface area contributed by atoms with Gasteiger partial charge < -0.3 is 0 Å². The normalized spacial score (nSPS) is 13.5. The van der Waals surface area contributed by atoms with E-state index in [-0.39, 0.29) is 16.0 Å². The highest BCUT2D eigenvalue weighted by Gasteiger charge is 2.28. The smallest absolute Gasteiger partial charge is 0.152 e. The first kappa shape index (κ1) is 16.5. The Morgan fingerprint density at radius 1 is 1.28 bits per heavy atom. The van der Waals surface area contributed by atoms with Crippen molar-refractivity contribution in [2.24, 2.45) is 5.41 Å². The van der Waals surface area contributed by atoms with Crippen LogP contribution in [0.3, 0.4) is 0 Å². The van der Waals surface area contributed by atoms with E-state index in [9.17, 15) is 4.79 Å². The van der Waals surface area contributed by atoms with Crippen molar-refractivity contribution in [3.05, 3.63) is 32.2 Å². The van der Waals surface area contributed by atoms with E-state index in [1.807, 2.05) is 32.9 Å². The number of benzene rings is 1. The van der Waals surface area contributed by atoms with Crippen LogP contribution in [0.2, 0.25) is 10.0 Å². The molecule has 5 heteroatoms. The molecule has 0 amide bonds. The number of alkyl halides is 1. The molecule has 0 N–H and O–H groups in total. The molecule has 0 heterocycles. The maximum absolute atomic E-state index is 12.1. The average Bonchev–Trinajstić information content (AvgIpc) is 2.27. The summed E-state index contributed by atoms with van der Waals surface area (Å²) in [5.74, 6) is 0.151. The van der Waals surface area contributed by atoms with E-state index in [1.165, 1.54) is 0 Å². The summed E-state index contributed by atoms with van der Waals surface area (Å²) in [6, 6.07) is 3.72. The molecule has 1 atom stereocenters. The predicted octanol–water partition coefficient (Wildman–Crippen LogP) is 5.68. The first-order chi connectivity index (χ1) is 8.14. The van der Waals surface area contributed by atoms with Gasteiger partial charge in [-0.25, -0.2) is 0 Å². The largest absolute Gasteiger partial charge is 0.298 e. The average molecular weight is 417 g/mol. The minimum absolute atomic E-state index is 0.151. The first-order valence-electron chi connectivity index (χ1n) is 5.45. The third-order valence-electron chi connectivity index (χ3n) is 2.54. The number of hydrogen-bond donors (Lipinski definition) is 0. The highest BCUT2D eigenvalue weighted by atomic mass is 79.9. The lowest BCUT2D eigenvalue weighted by molar-refractivity contribution is -0.125. The molecule has 0 spiro atoms. The van der Waals surface area contributed by atoms with Crippen molar-refractivity contribution in [3.63, 3.8) is 0 Å². The Bertz CT molecular complexity index is 467. The second-order valence-electron chi connectivity index (χ2n) is 5.12. The molecule has 0 aliphatic heterocycles. The van der Waals surface area contributed by atoms with Crippen LogP contribution >= 0.6 is 55.1 Å². The van der Waals surface area contributed by atoms with Gasteiger partial charge >= 0.3 is 0 Å². The third kappa shape index (κ3) is 3.96. The molecular formula is C13H14Br2Cl2O. The fourth-order valence-corrected chi connectivity index (χ4v) is 3.39. The van der Waals surface area contributed by atoms with Crippen molar-refractivity contribution in [2.75, 3.05) is 0 Å². The topological polar surface area (TPSA) is 17.1 Å². The highest BCUT2D eigenvalue weighted by molar-refractivity contribution is 9.10. The van der Waals surface area contributed by atoms with Crippen LogP contribution in [0, 0.1) is 5.41 Å². The summed E-state index contributed by atoms with van der Waals surface area (Å²) in [7, 11) is 0. The maximum atomic E-state index is 12.1. The number of Topliss-reactive ketones (excluding diaryl/α,β-unsaturated/α-hetero) is 1. The van der Waals surface area contributed by atoms with Crippen molar-refractivity contribution < 1.29 is 4.79 Å². The van der Waals surface area contributed by atoms with Gasteiger partial charge in [-0.15, -0.1) is 0 Å². The van der Waals surface area contributed by atoms with Crippen molar-refractivity contribution >= 4 is 60.8 Å². The van der Waals surface area contributed by atoms with Crippen LogP contribution in [0.4, 0.5) is 0 Å². The van der Waals surface area contributed by atoms with E-state index < -0.39 is 0 Å². The van der Waals surface area contributed by atoms with Gasteiger partial charge in [0, 0.05) is 9.89 Å². The Hall–Kier alpha value is 0.430. The summed E-state index contributed by atoms with van der Waals surface area (Å²) >= 11 is 19.0. The summed E-state index contributed by atoms with van der Waals surface area (Å²) < 4.78 is 0.756. The monoisotopic (exact) mass is 414 g/mol. The number of ketones is 1. The molecule has 0 saturated heterocycles. The number of hydrogen-bond acceptors (Lipinski definition) is 1. The zero-order valence-corrected chi connectivity index (χ0v) is 15.0. The van der Waals surface area contributed by atoms with Gasteiger partial charge in [0.25, 0.3) is 0 Å².